The smallest absolute Gasteiger partial charge is 0.177 e. The predicted octanol–water partition coefficient (Wildman–Crippen LogP) is 1.33. The van der Waals surface area contributed by atoms with E-state index in [1.165, 1.54) is 0 Å². The molecule has 10 heavy (non-hydrogen) atoms. The molecule has 2 rings (SSSR count). The number of rotatable bonds is 0. The molecule has 2 aromatic heterocycles. The number of pyridine rings is 1. The summed E-state index contributed by atoms with van der Waals surface area (Å²) in [4.78, 5) is 10.9. The monoisotopic (exact) mass is 137 g/mol. The maximum Gasteiger partial charge on any atom is 0.177 e. The molecule has 0 amide bonds. The molecule has 4 nitrogen and oxygen atoms in total. The van der Waals surface area contributed by atoms with Crippen molar-refractivity contribution in [2.45, 2.75) is 0 Å². The fraction of sp³-hybridized carbons (Fsp3) is 0. The summed E-state index contributed by atoms with van der Waals surface area (Å²) < 4.78 is 0. The van der Waals surface area contributed by atoms with Crippen LogP contribution in [0.5, 0.6) is 0 Å². The minimum Gasteiger partial charge on any atom is -0.369 e. The minimum atomic E-state index is 0. The molecule has 4 heteroatoms. The topological polar surface area (TPSA) is 78.1 Å². The molecule has 2 aromatic rings. The molecule has 0 aliphatic heterocycles. The molecule has 0 atom stereocenters. The summed E-state index contributed by atoms with van der Waals surface area (Å²) in [6.07, 6.45) is 3.36. The number of hydrogen-bond donors (Lipinski definition) is 2. The number of nitrogens with zero attached hydrogens (tertiary/aromatic N) is 2. The first-order valence-electron chi connectivity index (χ1n) is 2.71. The molecule has 0 aliphatic carbocycles. The molecule has 0 saturated heterocycles. The average Bonchev–Trinajstić information content (AvgIpc) is 2.33. The quantitative estimate of drug-likeness (QED) is 0.574. The molecule has 0 unspecified atom stereocenters. The summed E-state index contributed by atoms with van der Waals surface area (Å²) in [5, 5.41) is 0. The summed E-state index contributed by atoms with van der Waals surface area (Å²) in [6.45, 7) is 0. The van der Waals surface area contributed by atoms with E-state index in [9.17, 15) is 0 Å². The lowest BCUT2D eigenvalue weighted by molar-refractivity contribution is 1.30. The summed E-state index contributed by atoms with van der Waals surface area (Å²) >= 11 is 0. The molecule has 0 fully saturated rings. The lowest BCUT2D eigenvalue weighted by Crippen LogP contribution is -1.71. The molecule has 0 saturated carbocycles. The maximum atomic E-state index is 4.00. The highest BCUT2D eigenvalue weighted by atomic mass is 14.9. The van der Waals surface area contributed by atoms with E-state index in [1.54, 1.807) is 12.5 Å². The Kier molecular flexibility index (Phi) is 1.64. The van der Waals surface area contributed by atoms with Crippen molar-refractivity contribution >= 4 is 11.2 Å². The van der Waals surface area contributed by atoms with Gasteiger partial charge in [-0.15, -0.1) is 0 Å². The van der Waals surface area contributed by atoms with Crippen molar-refractivity contribution in [3.8, 4) is 0 Å². The van der Waals surface area contributed by atoms with Crippen LogP contribution in [0.25, 0.3) is 11.2 Å². The lowest BCUT2D eigenvalue weighted by Gasteiger charge is -1.80. The second-order valence-electron chi connectivity index (χ2n) is 1.78. The van der Waals surface area contributed by atoms with Gasteiger partial charge in [0.15, 0.2) is 5.65 Å². The summed E-state index contributed by atoms with van der Waals surface area (Å²) in [7, 11) is 0. The van der Waals surface area contributed by atoms with Crippen LogP contribution in [0.15, 0.2) is 24.7 Å². The van der Waals surface area contributed by atoms with Crippen LogP contribution in [0.3, 0.4) is 0 Å². The van der Waals surface area contributed by atoms with Crippen molar-refractivity contribution in [3.63, 3.8) is 0 Å². The summed E-state index contributed by atoms with van der Waals surface area (Å²) in [5.74, 6) is 0. The zero-order valence-corrected chi connectivity index (χ0v) is 5.70. The second-order valence-corrected chi connectivity index (χ2v) is 1.78. The Labute approximate surface area is 57.9 Å². The van der Waals surface area contributed by atoms with E-state index in [0.29, 0.717) is 0 Å². The molecule has 5 N–H and O–H groups in total. The Morgan fingerprint density at radius 1 is 1.30 bits per heavy atom. The lowest BCUT2D eigenvalue weighted by atomic mass is 10.4. The number of fused-ring (bicyclic) bond motifs is 1. The largest absolute Gasteiger partial charge is 0.369 e. The zero-order chi connectivity index (χ0) is 6.10. The third-order valence-corrected chi connectivity index (χ3v) is 1.19. The SMILES string of the molecule is [NH4+].c1cnc2nc[nH]c2c1. The highest BCUT2D eigenvalue weighted by Crippen LogP contribution is 2.01. The first-order valence-corrected chi connectivity index (χ1v) is 2.71. The van der Waals surface area contributed by atoms with Gasteiger partial charge in [-0.25, -0.2) is 9.97 Å². The van der Waals surface area contributed by atoms with E-state index in [0.717, 1.165) is 11.2 Å². The maximum absolute atomic E-state index is 4.00. The van der Waals surface area contributed by atoms with Crippen LogP contribution < -0.4 is 6.15 Å². The van der Waals surface area contributed by atoms with Crippen molar-refractivity contribution in [1.29, 1.82) is 0 Å². The van der Waals surface area contributed by atoms with Gasteiger partial charge in [-0.2, -0.15) is 0 Å². The van der Waals surface area contributed by atoms with Crippen molar-refractivity contribution in [1.82, 2.24) is 21.1 Å². The number of hydrogen-bond acceptors (Lipinski definition) is 2. The van der Waals surface area contributed by atoms with Gasteiger partial charge in [-0.05, 0) is 12.1 Å². The van der Waals surface area contributed by atoms with Crippen LogP contribution in [0.2, 0.25) is 0 Å². The van der Waals surface area contributed by atoms with Crippen LogP contribution >= 0.6 is 0 Å². The number of H-pyrrole nitrogens is 1. The van der Waals surface area contributed by atoms with Crippen molar-refractivity contribution in [3.05, 3.63) is 24.7 Å². The molecule has 0 radical (unpaired) electrons. The molecule has 52 valence electrons. The third kappa shape index (κ3) is 0.844. The Bertz CT molecular complexity index is 284. The number of aromatic amines is 1. The Morgan fingerprint density at radius 2 is 2.20 bits per heavy atom. The molecule has 0 bridgehead atoms. The fourth-order valence-electron chi connectivity index (χ4n) is 0.775. The zero-order valence-electron chi connectivity index (χ0n) is 5.70. The highest BCUT2D eigenvalue weighted by Gasteiger charge is 1.90. The van der Waals surface area contributed by atoms with Gasteiger partial charge in [0, 0.05) is 6.20 Å². The van der Waals surface area contributed by atoms with Gasteiger partial charge in [-0.1, -0.05) is 0 Å². The molecular formula is C6H9N4+. The number of quaternary nitrogens is 1. The molecule has 0 spiro atoms. The van der Waals surface area contributed by atoms with Crippen LogP contribution in [-0.2, 0) is 0 Å². The van der Waals surface area contributed by atoms with Gasteiger partial charge >= 0.3 is 0 Å². The molecule has 0 aliphatic rings. The summed E-state index contributed by atoms with van der Waals surface area (Å²) in [5.41, 5.74) is 1.76. The Hall–Kier alpha value is -1.42. The van der Waals surface area contributed by atoms with Crippen molar-refractivity contribution in [2.24, 2.45) is 0 Å². The van der Waals surface area contributed by atoms with E-state index in [-0.39, 0.29) is 6.15 Å². The number of aromatic nitrogens is 3. The average molecular weight is 137 g/mol. The Morgan fingerprint density at radius 3 is 3.00 bits per heavy atom. The highest BCUT2D eigenvalue weighted by molar-refractivity contribution is 5.68. The first-order chi connectivity index (χ1) is 4.47. The molecule has 2 heterocycles. The first kappa shape index (κ1) is 6.70. The number of nitrogens with one attached hydrogen (secondary N) is 1. The van der Waals surface area contributed by atoms with Crippen molar-refractivity contribution in [2.75, 3.05) is 0 Å². The molecule has 0 aromatic carbocycles. The van der Waals surface area contributed by atoms with Crippen molar-refractivity contribution < 1.29 is 0 Å². The van der Waals surface area contributed by atoms with E-state index >= 15 is 0 Å². The third-order valence-electron chi connectivity index (χ3n) is 1.19. The Balaban J connectivity index is 0.000000500. The minimum absolute atomic E-state index is 0. The standard InChI is InChI=1S/C6H5N3.H3N/c1-2-5-6(7-3-1)9-4-8-5;/h1-4H,(H,7,8,9);1H3/p+1. The van der Waals surface area contributed by atoms with Gasteiger partial charge in [0.2, 0.25) is 0 Å². The van der Waals surface area contributed by atoms with Gasteiger partial charge in [-0.3, -0.25) is 0 Å². The predicted molar refractivity (Wildman–Crippen MR) is 39.9 cm³/mol. The second kappa shape index (κ2) is 2.45. The number of imidazole rings is 1. The summed E-state index contributed by atoms with van der Waals surface area (Å²) in [6, 6.07) is 3.82. The van der Waals surface area contributed by atoms with Crippen LogP contribution in [0.1, 0.15) is 0 Å². The van der Waals surface area contributed by atoms with Crippen LogP contribution in [-0.4, -0.2) is 15.0 Å². The van der Waals surface area contributed by atoms with E-state index < -0.39 is 0 Å². The van der Waals surface area contributed by atoms with Gasteiger partial charge in [0.05, 0.1) is 11.8 Å². The fourth-order valence-corrected chi connectivity index (χ4v) is 0.775. The van der Waals surface area contributed by atoms with Gasteiger partial charge in [0.25, 0.3) is 0 Å². The van der Waals surface area contributed by atoms with Crippen LogP contribution in [0.4, 0.5) is 0 Å². The van der Waals surface area contributed by atoms with E-state index in [4.69, 9.17) is 0 Å². The van der Waals surface area contributed by atoms with Gasteiger partial charge < -0.3 is 11.1 Å². The van der Waals surface area contributed by atoms with Gasteiger partial charge in [0.1, 0.15) is 0 Å². The van der Waals surface area contributed by atoms with E-state index in [1.807, 2.05) is 12.1 Å². The normalized spacial score (nSPS) is 9.20. The van der Waals surface area contributed by atoms with Crippen LogP contribution in [0, 0.1) is 0 Å². The van der Waals surface area contributed by atoms with E-state index in [2.05, 4.69) is 15.0 Å². The molecular weight excluding hydrogens is 128 g/mol.